The van der Waals surface area contributed by atoms with Crippen LogP contribution in [-0.2, 0) is 11.2 Å². The molecular formula is C13H18N2O. The van der Waals surface area contributed by atoms with Crippen molar-refractivity contribution < 1.29 is 4.79 Å². The number of nitrogens with two attached hydrogens (primary N) is 2. The molecule has 2 rings (SSSR count). The topological polar surface area (TPSA) is 69.1 Å². The number of amides is 1. The summed E-state index contributed by atoms with van der Waals surface area (Å²) in [5.41, 5.74) is 13.5. The average Bonchev–Trinajstić information content (AvgIpc) is 3.09. The zero-order valence-corrected chi connectivity index (χ0v) is 9.36. The van der Waals surface area contributed by atoms with Gasteiger partial charge in [0.25, 0.3) is 0 Å². The van der Waals surface area contributed by atoms with E-state index < -0.39 is 0 Å². The van der Waals surface area contributed by atoms with E-state index in [1.807, 2.05) is 6.07 Å². The van der Waals surface area contributed by atoms with Crippen molar-refractivity contribution >= 4 is 5.91 Å². The SMILES string of the molecule is NCC(Cc1ccccc1C1CC1)C(N)=O. The predicted octanol–water partition coefficient (Wildman–Crippen LogP) is 1.17. The molecule has 1 aromatic carbocycles. The number of hydrogen-bond acceptors (Lipinski definition) is 2. The van der Waals surface area contributed by atoms with Crippen molar-refractivity contribution in [2.75, 3.05) is 6.54 Å². The molecule has 1 aliphatic carbocycles. The van der Waals surface area contributed by atoms with Gasteiger partial charge in [0.2, 0.25) is 5.91 Å². The van der Waals surface area contributed by atoms with Crippen LogP contribution in [-0.4, -0.2) is 12.5 Å². The minimum atomic E-state index is -0.298. The number of carbonyl (C=O) groups excluding carboxylic acids is 1. The first-order valence-electron chi connectivity index (χ1n) is 5.79. The van der Waals surface area contributed by atoms with E-state index in [4.69, 9.17) is 11.5 Å². The largest absolute Gasteiger partial charge is 0.369 e. The molecular weight excluding hydrogens is 200 g/mol. The molecule has 0 heterocycles. The van der Waals surface area contributed by atoms with Crippen LogP contribution in [0.25, 0.3) is 0 Å². The standard InChI is InChI=1S/C13H18N2O/c14-8-11(13(15)16)7-10-3-1-2-4-12(10)9-5-6-9/h1-4,9,11H,5-8,14H2,(H2,15,16). The van der Waals surface area contributed by atoms with E-state index in [2.05, 4.69) is 18.2 Å². The summed E-state index contributed by atoms with van der Waals surface area (Å²) in [6, 6.07) is 8.30. The van der Waals surface area contributed by atoms with Crippen LogP contribution in [0.4, 0.5) is 0 Å². The first-order valence-corrected chi connectivity index (χ1v) is 5.79. The summed E-state index contributed by atoms with van der Waals surface area (Å²) < 4.78 is 0. The van der Waals surface area contributed by atoms with E-state index in [-0.39, 0.29) is 11.8 Å². The monoisotopic (exact) mass is 218 g/mol. The number of hydrogen-bond donors (Lipinski definition) is 2. The average molecular weight is 218 g/mol. The van der Waals surface area contributed by atoms with E-state index in [9.17, 15) is 4.79 Å². The van der Waals surface area contributed by atoms with E-state index >= 15 is 0 Å². The number of carbonyl (C=O) groups is 1. The van der Waals surface area contributed by atoms with E-state index in [0.29, 0.717) is 18.9 Å². The molecule has 1 atom stereocenters. The molecule has 3 heteroatoms. The van der Waals surface area contributed by atoms with Crippen LogP contribution in [0.2, 0.25) is 0 Å². The van der Waals surface area contributed by atoms with Crippen molar-refractivity contribution in [2.24, 2.45) is 17.4 Å². The van der Waals surface area contributed by atoms with E-state index in [1.165, 1.54) is 24.0 Å². The fourth-order valence-electron chi connectivity index (χ4n) is 2.08. The first-order chi connectivity index (χ1) is 7.72. The maximum Gasteiger partial charge on any atom is 0.222 e. The lowest BCUT2D eigenvalue weighted by Crippen LogP contribution is -2.31. The summed E-state index contributed by atoms with van der Waals surface area (Å²) >= 11 is 0. The molecule has 1 aromatic rings. The highest BCUT2D eigenvalue weighted by atomic mass is 16.1. The van der Waals surface area contributed by atoms with Crippen molar-refractivity contribution in [3.8, 4) is 0 Å². The molecule has 1 amide bonds. The number of rotatable bonds is 5. The van der Waals surface area contributed by atoms with Crippen LogP contribution in [0.15, 0.2) is 24.3 Å². The molecule has 86 valence electrons. The molecule has 16 heavy (non-hydrogen) atoms. The first kappa shape index (κ1) is 11.1. The Bertz CT molecular complexity index is 385. The Hall–Kier alpha value is -1.35. The summed E-state index contributed by atoms with van der Waals surface area (Å²) in [4.78, 5) is 11.2. The van der Waals surface area contributed by atoms with E-state index in [0.717, 1.165) is 0 Å². The lowest BCUT2D eigenvalue weighted by atomic mass is 9.93. The molecule has 0 saturated heterocycles. The van der Waals surface area contributed by atoms with Gasteiger partial charge in [0.1, 0.15) is 0 Å². The third-order valence-corrected chi connectivity index (χ3v) is 3.23. The second-order valence-electron chi connectivity index (χ2n) is 4.51. The molecule has 3 nitrogen and oxygen atoms in total. The summed E-state index contributed by atoms with van der Waals surface area (Å²) in [5, 5.41) is 0. The normalized spacial score (nSPS) is 17.1. The molecule has 4 N–H and O–H groups in total. The predicted molar refractivity (Wildman–Crippen MR) is 63.9 cm³/mol. The summed E-state index contributed by atoms with van der Waals surface area (Å²) in [7, 11) is 0. The lowest BCUT2D eigenvalue weighted by molar-refractivity contribution is -0.121. The number of benzene rings is 1. The molecule has 1 fully saturated rings. The van der Waals surface area contributed by atoms with Crippen molar-refractivity contribution in [1.29, 1.82) is 0 Å². The Labute approximate surface area is 95.8 Å². The van der Waals surface area contributed by atoms with Gasteiger partial charge >= 0.3 is 0 Å². The second-order valence-corrected chi connectivity index (χ2v) is 4.51. The molecule has 0 aromatic heterocycles. The zero-order chi connectivity index (χ0) is 11.5. The Morgan fingerprint density at radius 2 is 2.06 bits per heavy atom. The molecule has 1 saturated carbocycles. The van der Waals surface area contributed by atoms with Crippen LogP contribution < -0.4 is 11.5 Å². The number of primary amides is 1. The van der Waals surface area contributed by atoms with Crippen LogP contribution in [0.3, 0.4) is 0 Å². The summed E-state index contributed by atoms with van der Waals surface area (Å²) in [5.74, 6) is 0.163. The third kappa shape index (κ3) is 2.42. The smallest absolute Gasteiger partial charge is 0.222 e. The van der Waals surface area contributed by atoms with Crippen molar-refractivity contribution in [3.63, 3.8) is 0 Å². The highest BCUT2D eigenvalue weighted by molar-refractivity contribution is 5.77. The van der Waals surface area contributed by atoms with Crippen molar-refractivity contribution in [2.45, 2.75) is 25.2 Å². The minimum Gasteiger partial charge on any atom is -0.369 e. The van der Waals surface area contributed by atoms with Gasteiger partial charge in [-0.25, -0.2) is 0 Å². The van der Waals surface area contributed by atoms with Crippen LogP contribution in [0.1, 0.15) is 29.9 Å². The van der Waals surface area contributed by atoms with Crippen LogP contribution in [0, 0.1) is 5.92 Å². The molecule has 0 radical (unpaired) electrons. The molecule has 0 aliphatic heterocycles. The Morgan fingerprint density at radius 1 is 1.38 bits per heavy atom. The zero-order valence-electron chi connectivity index (χ0n) is 9.36. The van der Waals surface area contributed by atoms with Crippen LogP contribution >= 0.6 is 0 Å². The third-order valence-electron chi connectivity index (χ3n) is 3.23. The molecule has 1 aliphatic rings. The molecule has 0 bridgehead atoms. The lowest BCUT2D eigenvalue weighted by Gasteiger charge is -2.13. The molecule has 0 spiro atoms. The van der Waals surface area contributed by atoms with Gasteiger partial charge < -0.3 is 11.5 Å². The van der Waals surface area contributed by atoms with Gasteiger partial charge in [-0.3, -0.25) is 4.79 Å². The fourth-order valence-corrected chi connectivity index (χ4v) is 2.08. The van der Waals surface area contributed by atoms with Crippen molar-refractivity contribution in [3.05, 3.63) is 35.4 Å². The van der Waals surface area contributed by atoms with Gasteiger partial charge in [0.15, 0.2) is 0 Å². The molecule has 1 unspecified atom stereocenters. The Morgan fingerprint density at radius 3 is 2.62 bits per heavy atom. The van der Waals surface area contributed by atoms with Gasteiger partial charge in [-0.15, -0.1) is 0 Å². The second kappa shape index (κ2) is 4.66. The van der Waals surface area contributed by atoms with Gasteiger partial charge in [-0.2, -0.15) is 0 Å². The van der Waals surface area contributed by atoms with Gasteiger partial charge in [0, 0.05) is 6.54 Å². The fraction of sp³-hybridized carbons (Fsp3) is 0.462. The van der Waals surface area contributed by atoms with Gasteiger partial charge in [0.05, 0.1) is 5.92 Å². The van der Waals surface area contributed by atoms with E-state index in [1.54, 1.807) is 0 Å². The maximum atomic E-state index is 11.2. The Kier molecular flexibility index (Phi) is 3.25. The summed E-state index contributed by atoms with van der Waals surface area (Å²) in [6.45, 7) is 0.328. The maximum absolute atomic E-state index is 11.2. The van der Waals surface area contributed by atoms with Gasteiger partial charge in [-0.05, 0) is 36.3 Å². The minimum absolute atomic E-state index is 0.236. The quantitative estimate of drug-likeness (QED) is 0.778. The van der Waals surface area contributed by atoms with Crippen LogP contribution in [0.5, 0.6) is 0 Å². The highest BCUT2D eigenvalue weighted by Crippen LogP contribution is 2.41. The van der Waals surface area contributed by atoms with Crippen molar-refractivity contribution in [1.82, 2.24) is 0 Å². The van der Waals surface area contributed by atoms with Gasteiger partial charge in [-0.1, -0.05) is 24.3 Å². The Balaban J connectivity index is 2.16. The summed E-state index contributed by atoms with van der Waals surface area (Å²) in [6.07, 6.45) is 3.21. The highest BCUT2D eigenvalue weighted by Gasteiger charge is 2.26.